The first-order chi connectivity index (χ1) is 15.0. The maximum absolute atomic E-state index is 14.4. The number of anilines is 1. The van der Waals surface area contributed by atoms with Crippen LogP contribution < -0.4 is 15.8 Å². The number of nitrogens with zero attached hydrogens (tertiary/aromatic N) is 3. The molecule has 2 N–H and O–H groups in total. The third-order valence-corrected chi connectivity index (χ3v) is 5.83. The number of hydrogen-bond acceptors (Lipinski definition) is 6. The molecule has 0 bridgehead atoms. The Morgan fingerprint density at radius 1 is 1.39 bits per heavy atom. The summed E-state index contributed by atoms with van der Waals surface area (Å²) in [6.45, 7) is 7.70. The van der Waals surface area contributed by atoms with Gasteiger partial charge >= 0.3 is 0 Å². The molecular weight excluding hydrogens is 401 g/mol. The molecule has 2 aromatic heterocycles. The van der Waals surface area contributed by atoms with E-state index in [-0.39, 0.29) is 17.4 Å². The summed E-state index contributed by atoms with van der Waals surface area (Å²) in [5.41, 5.74) is 2.83. The third-order valence-electron chi connectivity index (χ3n) is 5.83. The number of piperazine rings is 1. The van der Waals surface area contributed by atoms with Crippen molar-refractivity contribution in [3.63, 3.8) is 0 Å². The Morgan fingerprint density at radius 2 is 2.16 bits per heavy atom. The van der Waals surface area contributed by atoms with E-state index in [0.29, 0.717) is 37.4 Å². The zero-order valence-corrected chi connectivity index (χ0v) is 17.5. The van der Waals surface area contributed by atoms with Gasteiger partial charge in [0, 0.05) is 57.4 Å². The fraction of sp³-hybridized carbons (Fsp3) is 0.409. The summed E-state index contributed by atoms with van der Waals surface area (Å²) in [6.07, 6.45) is 2.20. The van der Waals surface area contributed by atoms with Gasteiger partial charge in [0.15, 0.2) is 0 Å². The van der Waals surface area contributed by atoms with Crippen LogP contribution in [-0.2, 0) is 17.8 Å². The number of nitrogens with one attached hydrogen (secondary N) is 2. The van der Waals surface area contributed by atoms with E-state index >= 15 is 0 Å². The SMILES string of the molecule is C=Cc1cc2c([nH]c1=O)CC(CN1CCN(c3ccc(C(=O)NC)nc3F)CC1)OC2. The van der Waals surface area contributed by atoms with E-state index < -0.39 is 11.9 Å². The van der Waals surface area contributed by atoms with Crippen molar-refractivity contribution in [1.82, 2.24) is 20.2 Å². The minimum absolute atomic E-state index is 0.00507. The van der Waals surface area contributed by atoms with Gasteiger partial charge in [-0.05, 0) is 23.8 Å². The number of fused-ring (bicyclic) bond motifs is 1. The number of rotatable bonds is 5. The molecule has 8 nitrogen and oxygen atoms in total. The standard InChI is InChI=1S/C22H26FN5O3/c1-3-14-10-15-13-31-16(11-18(15)26-21(14)29)12-27-6-8-28(9-7-27)19-5-4-17(22(30)24-2)25-20(19)23/h3-5,10,16H,1,6-9,11-13H2,2H3,(H,24,30)(H,26,29). The summed E-state index contributed by atoms with van der Waals surface area (Å²) in [5, 5.41) is 2.44. The third kappa shape index (κ3) is 4.52. The van der Waals surface area contributed by atoms with Gasteiger partial charge in [-0.1, -0.05) is 12.7 Å². The van der Waals surface area contributed by atoms with Crippen molar-refractivity contribution < 1.29 is 13.9 Å². The molecule has 1 saturated heterocycles. The van der Waals surface area contributed by atoms with Crippen LogP contribution in [0.15, 0.2) is 29.6 Å². The Hall–Kier alpha value is -3.04. The molecule has 4 rings (SSSR count). The first kappa shape index (κ1) is 21.2. The number of amides is 1. The van der Waals surface area contributed by atoms with Crippen LogP contribution in [0.1, 0.15) is 27.3 Å². The molecule has 1 unspecified atom stereocenters. The molecule has 1 fully saturated rings. The molecule has 4 heterocycles. The summed E-state index contributed by atoms with van der Waals surface area (Å²) in [7, 11) is 1.49. The largest absolute Gasteiger partial charge is 0.372 e. The number of aromatic nitrogens is 2. The average molecular weight is 427 g/mol. The maximum atomic E-state index is 14.4. The van der Waals surface area contributed by atoms with Crippen LogP contribution in [0.2, 0.25) is 0 Å². The van der Waals surface area contributed by atoms with Crippen molar-refractivity contribution >= 4 is 17.7 Å². The van der Waals surface area contributed by atoms with Crippen LogP contribution in [0.5, 0.6) is 0 Å². The van der Waals surface area contributed by atoms with Crippen molar-refractivity contribution in [2.24, 2.45) is 0 Å². The monoisotopic (exact) mass is 427 g/mol. The molecule has 9 heteroatoms. The van der Waals surface area contributed by atoms with Gasteiger partial charge in [0.25, 0.3) is 11.5 Å². The van der Waals surface area contributed by atoms with Gasteiger partial charge in [0.2, 0.25) is 5.95 Å². The van der Waals surface area contributed by atoms with Crippen molar-refractivity contribution in [3.8, 4) is 0 Å². The second kappa shape index (κ2) is 8.99. The highest BCUT2D eigenvalue weighted by Gasteiger charge is 2.26. The molecule has 0 radical (unpaired) electrons. The van der Waals surface area contributed by atoms with E-state index in [1.165, 1.54) is 13.1 Å². The Balaban J connectivity index is 1.34. The second-order valence-electron chi connectivity index (χ2n) is 7.77. The molecule has 0 aromatic carbocycles. The molecule has 164 valence electrons. The molecular formula is C22H26FN5O3. The molecule has 0 saturated carbocycles. The lowest BCUT2D eigenvalue weighted by Crippen LogP contribution is -2.50. The minimum atomic E-state index is -0.635. The predicted octanol–water partition coefficient (Wildman–Crippen LogP) is 1.18. The van der Waals surface area contributed by atoms with E-state index in [9.17, 15) is 14.0 Å². The molecule has 0 aliphatic carbocycles. The van der Waals surface area contributed by atoms with Gasteiger partial charge in [-0.2, -0.15) is 4.39 Å². The Bertz CT molecular complexity index is 1050. The van der Waals surface area contributed by atoms with Crippen LogP contribution in [-0.4, -0.2) is 66.7 Å². The number of ether oxygens (including phenoxy) is 1. The van der Waals surface area contributed by atoms with Crippen LogP contribution in [0.4, 0.5) is 10.1 Å². The number of H-pyrrole nitrogens is 1. The minimum Gasteiger partial charge on any atom is -0.372 e. The van der Waals surface area contributed by atoms with Crippen molar-refractivity contribution in [1.29, 1.82) is 0 Å². The Kier molecular flexibility index (Phi) is 6.15. The smallest absolute Gasteiger partial charge is 0.269 e. The van der Waals surface area contributed by atoms with Crippen LogP contribution in [0.3, 0.4) is 0 Å². The lowest BCUT2D eigenvalue weighted by atomic mass is 10.0. The number of hydrogen-bond donors (Lipinski definition) is 2. The first-order valence-electron chi connectivity index (χ1n) is 10.3. The number of aromatic amines is 1. The summed E-state index contributed by atoms with van der Waals surface area (Å²) in [4.78, 5) is 34.6. The molecule has 0 spiro atoms. The van der Waals surface area contributed by atoms with Gasteiger partial charge in [-0.3, -0.25) is 14.5 Å². The fourth-order valence-corrected chi connectivity index (χ4v) is 4.08. The lowest BCUT2D eigenvalue weighted by molar-refractivity contribution is 0.00274. The zero-order chi connectivity index (χ0) is 22.0. The Morgan fingerprint density at radius 3 is 2.84 bits per heavy atom. The summed E-state index contributed by atoms with van der Waals surface area (Å²) in [5.74, 6) is -1.05. The second-order valence-corrected chi connectivity index (χ2v) is 7.77. The van der Waals surface area contributed by atoms with Crippen molar-refractivity contribution in [3.05, 3.63) is 63.6 Å². The average Bonchev–Trinajstić information content (AvgIpc) is 2.78. The predicted molar refractivity (Wildman–Crippen MR) is 116 cm³/mol. The number of pyridine rings is 2. The zero-order valence-electron chi connectivity index (χ0n) is 17.5. The number of carbonyl (C=O) groups excluding carboxylic acids is 1. The van der Waals surface area contributed by atoms with E-state index in [0.717, 1.165) is 30.9 Å². The van der Waals surface area contributed by atoms with Crippen LogP contribution in [0, 0.1) is 5.95 Å². The van der Waals surface area contributed by atoms with E-state index in [1.807, 2.05) is 11.0 Å². The summed E-state index contributed by atoms with van der Waals surface area (Å²) < 4.78 is 20.4. The van der Waals surface area contributed by atoms with E-state index in [2.05, 4.69) is 26.8 Å². The lowest BCUT2D eigenvalue weighted by Gasteiger charge is -2.38. The normalized spacial score (nSPS) is 19.0. The molecule has 1 atom stereocenters. The van der Waals surface area contributed by atoms with Gasteiger partial charge in [-0.15, -0.1) is 0 Å². The molecule has 31 heavy (non-hydrogen) atoms. The van der Waals surface area contributed by atoms with Crippen molar-refractivity contribution in [2.75, 3.05) is 44.7 Å². The summed E-state index contributed by atoms with van der Waals surface area (Å²) >= 11 is 0. The number of halogens is 1. The molecule has 1 amide bonds. The van der Waals surface area contributed by atoms with Crippen molar-refractivity contribution in [2.45, 2.75) is 19.1 Å². The number of carbonyl (C=O) groups is 1. The highest BCUT2D eigenvalue weighted by Crippen LogP contribution is 2.22. The van der Waals surface area contributed by atoms with Gasteiger partial charge in [0.05, 0.1) is 18.4 Å². The fourth-order valence-electron chi connectivity index (χ4n) is 4.08. The van der Waals surface area contributed by atoms with E-state index in [1.54, 1.807) is 12.1 Å². The molecule has 2 aliphatic rings. The molecule has 2 aromatic rings. The van der Waals surface area contributed by atoms with Gasteiger partial charge < -0.3 is 19.9 Å². The maximum Gasteiger partial charge on any atom is 0.269 e. The molecule has 2 aliphatic heterocycles. The highest BCUT2D eigenvalue weighted by atomic mass is 19.1. The summed E-state index contributed by atoms with van der Waals surface area (Å²) in [6, 6.07) is 4.99. The quantitative estimate of drug-likeness (QED) is 0.697. The topological polar surface area (TPSA) is 90.6 Å². The van der Waals surface area contributed by atoms with E-state index in [4.69, 9.17) is 4.74 Å². The Labute approximate surface area is 179 Å². The first-order valence-corrected chi connectivity index (χ1v) is 10.3. The van der Waals surface area contributed by atoms with Gasteiger partial charge in [0.1, 0.15) is 5.69 Å². The van der Waals surface area contributed by atoms with Crippen LogP contribution in [0.25, 0.3) is 6.08 Å². The van der Waals surface area contributed by atoms with Gasteiger partial charge in [-0.25, -0.2) is 4.98 Å². The van der Waals surface area contributed by atoms with Crippen LogP contribution >= 0.6 is 0 Å². The highest BCUT2D eigenvalue weighted by molar-refractivity contribution is 5.92.